The Kier molecular flexibility index (Phi) is 3.90. The second-order valence-electron chi connectivity index (χ2n) is 3.28. The fraction of sp³-hybridized carbons (Fsp3) is 1.00. The standard InChI is InChI=1S/C8H16O2S2/c1-2-11-6-8-4-3-5-12(9,10)7-8/h8H,2-7H2,1H3. The lowest BCUT2D eigenvalue weighted by Crippen LogP contribution is -2.26. The van der Waals surface area contributed by atoms with Crippen molar-refractivity contribution in [2.24, 2.45) is 5.92 Å². The molecule has 1 rings (SSSR count). The SMILES string of the molecule is CCSCC1CCCS(=O)(=O)C1. The lowest BCUT2D eigenvalue weighted by Gasteiger charge is -2.20. The first-order valence-electron chi connectivity index (χ1n) is 4.42. The van der Waals surface area contributed by atoms with Crippen molar-refractivity contribution >= 4 is 21.6 Å². The van der Waals surface area contributed by atoms with Crippen LogP contribution in [-0.2, 0) is 9.84 Å². The van der Waals surface area contributed by atoms with Crippen molar-refractivity contribution in [3.63, 3.8) is 0 Å². The molecule has 1 atom stereocenters. The van der Waals surface area contributed by atoms with Crippen molar-refractivity contribution in [3.05, 3.63) is 0 Å². The third-order valence-corrected chi connectivity index (χ3v) is 5.12. The third-order valence-electron chi connectivity index (χ3n) is 2.12. The van der Waals surface area contributed by atoms with E-state index >= 15 is 0 Å². The second kappa shape index (κ2) is 4.51. The largest absolute Gasteiger partial charge is 0.229 e. The van der Waals surface area contributed by atoms with Gasteiger partial charge in [0.2, 0.25) is 0 Å². The molecule has 0 aliphatic carbocycles. The van der Waals surface area contributed by atoms with Gasteiger partial charge in [0.05, 0.1) is 11.5 Å². The van der Waals surface area contributed by atoms with Gasteiger partial charge in [-0.2, -0.15) is 11.8 Å². The van der Waals surface area contributed by atoms with E-state index in [0.29, 0.717) is 17.4 Å². The van der Waals surface area contributed by atoms with Gasteiger partial charge in [-0.15, -0.1) is 0 Å². The van der Waals surface area contributed by atoms with E-state index in [1.54, 1.807) is 0 Å². The first-order valence-corrected chi connectivity index (χ1v) is 7.40. The Morgan fingerprint density at radius 3 is 2.83 bits per heavy atom. The summed E-state index contributed by atoms with van der Waals surface area (Å²) in [6.45, 7) is 2.11. The minimum atomic E-state index is -2.68. The summed E-state index contributed by atoms with van der Waals surface area (Å²) in [5, 5.41) is 0. The molecule has 0 bridgehead atoms. The Morgan fingerprint density at radius 2 is 2.25 bits per heavy atom. The zero-order valence-corrected chi connectivity index (χ0v) is 9.09. The van der Waals surface area contributed by atoms with Gasteiger partial charge in [0.1, 0.15) is 0 Å². The Labute approximate surface area is 79.0 Å². The van der Waals surface area contributed by atoms with Crippen LogP contribution >= 0.6 is 11.8 Å². The molecule has 72 valence electrons. The summed E-state index contributed by atoms with van der Waals surface area (Å²) >= 11 is 1.85. The molecule has 0 N–H and O–H groups in total. The lowest BCUT2D eigenvalue weighted by atomic mass is 10.1. The molecule has 1 heterocycles. The second-order valence-corrected chi connectivity index (χ2v) is 6.83. The molecule has 0 amide bonds. The van der Waals surface area contributed by atoms with Crippen LogP contribution in [0.25, 0.3) is 0 Å². The molecule has 1 saturated heterocycles. The van der Waals surface area contributed by atoms with Gasteiger partial charge in [-0.3, -0.25) is 0 Å². The van der Waals surface area contributed by atoms with Crippen LogP contribution in [0.3, 0.4) is 0 Å². The summed E-state index contributed by atoms with van der Waals surface area (Å²) in [5.74, 6) is 3.39. The van der Waals surface area contributed by atoms with E-state index in [-0.39, 0.29) is 0 Å². The van der Waals surface area contributed by atoms with Crippen LogP contribution in [-0.4, -0.2) is 31.4 Å². The fourth-order valence-corrected chi connectivity index (χ4v) is 4.31. The molecule has 0 aromatic carbocycles. The summed E-state index contributed by atoms with van der Waals surface area (Å²) in [7, 11) is -2.68. The van der Waals surface area contributed by atoms with Crippen LogP contribution in [0.15, 0.2) is 0 Å². The lowest BCUT2D eigenvalue weighted by molar-refractivity contribution is 0.521. The van der Waals surface area contributed by atoms with E-state index in [1.807, 2.05) is 11.8 Å². The predicted octanol–water partition coefficient (Wildman–Crippen LogP) is 1.56. The Hall–Kier alpha value is 0.300. The van der Waals surface area contributed by atoms with E-state index < -0.39 is 9.84 Å². The molecule has 1 aliphatic rings. The summed E-state index contributed by atoms with van der Waals surface area (Å²) < 4.78 is 22.4. The molecular weight excluding hydrogens is 192 g/mol. The minimum Gasteiger partial charge on any atom is -0.229 e. The number of rotatable bonds is 3. The molecule has 1 unspecified atom stereocenters. The fourth-order valence-electron chi connectivity index (χ4n) is 1.53. The van der Waals surface area contributed by atoms with Gasteiger partial charge in [-0.1, -0.05) is 6.92 Å². The number of thioether (sulfide) groups is 1. The summed E-state index contributed by atoms with van der Waals surface area (Å²) in [4.78, 5) is 0. The van der Waals surface area contributed by atoms with Crippen molar-refractivity contribution in [2.45, 2.75) is 19.8 Å². The number of hydrogen-bond donors (Lipinski definition) is 0. The molecule has 0 saturated carbocycles. The Balaban J connectivity index is 2.36. The van der Waals surface area contributed by atoms with E-state index in [9.17, 15) is 8.42 Å². The zero-order valence-electron chi connectivity index (χ0n) is 7.45. The van der Waals surface area contributed by atoms with Crippen molar-refractivity contribution in [1.29, 1.82) is 0 Å². The Morgan fingerprint density at radius 1 is 1.50 bits per heavy atom. The summed E-state index contributed by atoms with van der Waals surface area (Å²) in [5.41, 5.74) is 0. The molecule has 0 spiro atoms. The van der Waals surface area contributed by atoms with E-state index in [1.165, 1.54) is 0 Å². The van der Waals surface area contributed by atoms with Crippen LogP contribution in [0.1, 0.15) is 19.8 Å². The highest BCUT2D eigenvalue weighted by Crippen LogP contribution is 2.21. The summed E-state index contributed by atoms with van der Waals surface area (Å²) in [6.07, 6.45) is 1.98. The molecule has 0 aromatic heterocycles. The monoisotopic (exact) mass is 208 g/mol. The van der Waals surface area contributed by atoms with Crippen molar-refractivity contribution < 1.29 is 8.42 Å². The zero-order chi connectivity index (χ0) is 9.03. The highest BCUT2D eigenvalue weighted by Gasteiger charge is 2.23. The van der Waals surface area contributed by atoms with Gasteiger partial charge in [-0.05, 0) is 30.3 Å². The molecule has 1 aliphatic heterocycles. The van der Waals surface area contributed by atoms with Crippen LogP contribution < -0.4 is 0 Å². The first-order chi connectivity index (χ1) is 5.64. The molecule has 2 nitrogen and oxygen atoms in total. The molecule has 4 heteroatoms. The first kappa shape index (κ1) is 10.4. The molecule has 12 heavy (non-hydrogen) atoms. The topological polar surface area (TPSA) is 34.1 Å². The van der Waals surface area contributed by atoms with Crippen molar-refractivity contribution in [3.8, 4) is 0 Å². The van der Waals surface area contributed by atoms with Crippen LogP contribution in [0, 0.1) is 5.92 Å². The van der Waals surface area contributed by atoms with Gasteiger partial charge >= 0.3 is 0 Å². The molecular formula is C8H16O2S2. The van der Waals surface area contributed by atoms with Crippen LogP contribution in [0.5, 0.6) is 0 Å². The van der Waals surface area contributed by atoms with Gasteiger partial charge in [-0.25, -0.2) is 8.42 Å². The van der Waals surface area contributed by atoms with Crippen LogP contribution in [0.2, 0.25) is 0 Å². The van der Waals surface area contributed by atoms with E-state index in [4.69, 9.17) is 0 Å². The Bertz CT molecular complexity index is 221. The molecule has 0 radical (unpaired) electrons. The predicted molar refractivity (Wildman–Crippen MR) is 54.4 cm³/mol. The van der Waals surface area contributed by atoms with E-state index in [0.717, 1.165) is 24.3 Å². The van der Waals surface area contributed by atoms with Crippen molar-refractivity contribution in [1.82, 2.24) is 0 Å². The maximum atomic E-state index is 11.2. The van der Waals surface area contributed by atoms with Gasteiger partial charge in [0.15, 0.2) is 9.84 Å². The van der Waals surface area contributed by atoms with E-state index in [2.05, 4.69) is 6.92 Å². The quantitative estimate of drug-likeness (QED) is 0.706. The molecule has 1 fully saturated rings. The van der Waals surface area contributed by atoms with Gasteiger partial charge in [0, 0.05) is 0 Å². The highest BCUT2D eigenvalue weighted by molar-refractivity contribution is 7.99. The maximum Gasteiger partial charge on any atom is 0.150 e. The normalized spacial score (nSPS) is 28.6. The summed E-state index contributed by atoms with van der Waals surface area (Å²) in [6, 6.07) is 0. The van der Waals surface area contributed by atoms with Gasteiger partial charge < -0.3 is 0 Å². The minimum absolute atomic E-state index is 0.417. The van der Waals surface area contributed by atoms with Crippen molar-refractivity contribution in [2.75, 3.05) is 23.0 Å². The average Bonchev–Trinajstić information content (AvgIpc) is 1.99. The smallest absolute Gasteiger partial charge is 0.150 e. The average molecular weight is 208 g/mol. The van der Waals surface area contributed by atoms with Gasteiger partial charge in [0.25, 0.3) is 0 Å². The number of hydrogen-bond acceptors (Lipinski definition) is 3. The maximum absolute atomic E-state index is 11.2. The van der Waals surface area contributed by atoms with Crippen LogP contribution in [0.4, 0.5) is 0 Å². The highest BCUT2D eigenvalue weighted by atomic mass is 32.2. The third kappa shape index (κ3) is 3.35. The number of sulfone groups is 1. The molecule has 0 aromatic rings.